The van der Waals surface area contributed by atoms with E-state index in [9.17, 15) is 4.79 Å². The van der Waals surface area contributed by atoms with Gasteiger partial charge in [-0.05, 0) is 52.5 Å². The van der Waals surface area contributed by atoms with Crippen molar-refractivity contribution in [2.45, 2.75) is 31.3 Å². The van der Waals surface area contributed by atoms with Crippen LogP contribution in [0, 0.1) is 0 Å². The summed E-state index contributed by atoms with van der Waals surface area (Å²) < 4.78 is 0. The van der Waals surface area contributed by atoms with Crippen LogP contribution in [-0.2, 0) is 6.54 Å². The van der Waals surface area contributed by atoms with Crippen molar-refractivity contribution in [3.8, 4) is 0 Å². The Morgan fingerprint density at radius 2 is 2.05 bits per heavy atom. The standard InChI is InChI=1S/C15H23N3O2/c1-17(2)15(8-5-9-15)11-18(3)10-12-6-4-7-13(16-12)14(19)20/h4,6-7H,5,8-11H2,1-3H3,(H,19,20). The largest absolute Gasteiger partial charge is 0.477 e. The van der Waals surface area contributed by atoms with Crippen molar-refractivity contribution in [3.05, 3.63) is 29.6 Å². The van der Waals surface area contributed by atoms with Gasteiger partial charge in [0.25, 0.3) is 0 Å². The highest BCUT2D eigenvalue weighted by Gasteiger charge is 2.39. The van der Waals surface area contributed by atoms with Gasteiger partial charge < -0.3 is 10.0 Å². The van der Waals surface area contributed by atoms with E-state index in [-0.39, 0.29) is 11.2 Å². The molecule has 0 spiro atoms. The average Bonchev–Trinajstić information content (AvgIpc) is 2.33. The minimum Gasteiger partial charge on any atom is -0.477 e. The number of carboxylic acid groups (broad SMARTS) is 1. The zero-order chi connectivity index (χ0) is 14.8. The number of pyridine rings is 1. The molecule has 1 aliphatic rings. The number of hydrogen-bond acceptors (Lipinski definition) is 4. The molecular weight excluding hydrogens is 254 g/mol. The number of hydrogen-bond donors (Lipinski definition) is 1. The van der Waals surface area contributed by atoms with Crippen LogP contribution in [0.3, 0.4) is 0 Å². The minimum absolute atomic E-state index is 0.113. The number of aromatic carboxylic acids is 1. The van der Waals surface area contributed by atoms with Crippen molar-refractivity contribution in [1.29, 1.82) is 0 Å². The molecule has 0 atom stereocenters. The number of carbonyl (C=O) groups is 1. The zero-order valence-electron chi connectivity index (χ0n) is 12.5. The lowest BCUT2D eigenvalue weighted by Gasteiger charge is -2.49. The fourth-order valence-electron chi connectivity index (χ4n) is 2.85. The predicted octanol–water partition coefficient (Wildman–Crippen LogP) is 1.70. The van der Waals surface area contributed by atoms with Gasteiger partial charge in [0.15, 0.2) is 0 Å². The summed E-state index contributed by atoms with van der Waals surface area (Å²) in [6.45, 7) is 1.66. The third-order valence-corrected chi connectivity index (χ3v) is 4.25. The molecule has 0 unspecified atom stereocenters. The molecule has 0 aliphatic heterocycles. The Morgan fingerprint density at radius 3 is 2.55 bits per heavy atom. The van der Waals surface area contributed by atoms with Crippen molar-refractivity contribution < 1.29 is 9.90 Å². The lowest BCUT2D eigenvalue weighted by molar-refractivity contribution is 0.0256. The van der Waals surface area contributed by atoms with E-state index in [1.807, 2.05) is 6.07 Å². The Bertz CT molecular complexity index is 484. The number of aromatic nitrogens is 1. The Labute approximate surface area is 120 Å². The maximum absolute atomic E-state index is 10.9. The molecule has 0 aromatic carbocycles. The van der Waals surface area contributed by atoms with Gasteiger partial charge in [-0.3, -0.25) is 4.90 Å². The fraction of sp³-hybridized carbons (Fsp3) is 0.600. The van der Waals surface area contributed by atoms with E-state index in [4.69, 9.17) is 5.11 Å². The summed E-state index contributed by atoms with van der Waals surface area (Å²) in [5.74, 6) is -0.974. The highest BCUT2D eigenvalue weighted by molar-refractivity contribution is 5.85. The quantitative estimate of drug-likeness (QED) is 0.857. The van der Waals surface area contributed by atoms with Gasteiger partial charge in [-0.25, -0.2) is 9.78 Å². The van der Waals surface area contributed by atoms with Crippen LogP contribution in [0.25, 0.3) is 0 Å². The third-order valence-electron chi connectivity index (χ3n) is 4.25. The predicted molar refractivity (Wildman–Crippen MR) is 77.8 cm³/mol. The van der Waals surface area contributed by atoms with Crippen molar-refractivity contribution in [3.63, 3.8) is 0 Å². The monoisotopic (exact) mass is 277 g/mol. The van der Waals surface area contributed by atoms with Gasteiger partial charge in [0, 0.05) is 18.6 Å². The summed E-state index contributed by atoms with van der Waals surface area (Å²) in [6.07, 6.45) is 3.75. The van der Waals surface area contributed by atoms with E-state index in [1.54, 1.807) is 6.07 Å². The topological polar surface area (TPSA) is 56.7 Å². The summed E-state index contributed by atoms with van der Waals surface area (Å²) in [7, 11) is 6.34. The molecule has 5 nitrogen and oxygen atoms in total. The van der Waals surface area contributed by atoms with Gasteiger partial charge in [0.05, 0.1) is 5.69 Å². The Hall–Kier alpha value is -1.46. The SMILES string of the molecule is CN(Cc1cccc(C(=O)O)n1)CC1(N(C)C)CCC1. The van der Waals surface area contributed by atoms with Crippen LogP contribution in [0.15, 0.2) is 18.2 Å². The van der Waals surface area contributed by atoms with E-state index < -0.39 is 5.97 Å². The van der Waals surface area contributed by atoms with Crippen molar-refractivity contribution >= 4 is 5.97 Å². The molecule has 1 heterocycles. The van der Waals surface area contributed by atoms with Crippen LogP contribution in [0.4, 0.5) is 0 Å². The lowest BCUT2D eigenvalue weighted by atomic mass is 9.75. The van der Waals surface area contributed by atoms with Gasteiger partial charge in [-0.2, -0.15) is 0 Å². The molecule has 1 aliphatic carbocycles. The van der Waals surface area contributed by atoms with Crippen LogP contribution >= 0.6 is 0 Å². The summed E-state index contributed by atoms with van der Waals surface area (Å²) in [6, 6.07) is 5.16. The molecule has 0 bridgehead atoms. The van der Waals surface area contributed by atoms with Crippen LogP contribution in [0.1, 0.15) is 35.4 Å². The number of likely N-dealkylation sites (N-methyl/N-ethyl adjacent to an activating group) is 2. The second-order valence-electron chi connectivity index (χ2n) is 5.96. The molecule has 0 amide bonds. The van der Waals surface area contributed by atoms with E-state index in [1.165, 1.54) is 25.3 Å². The van der Waals surface area contributed by atoms with Crippen LogP contribution in [0.2, 0.25) is 0 Å². The minimum atomic E-state index is -0.974. The fourth-order valence-corrected chi connectivity index (χ4v) is 2.85. The molecule has 20 heavy (non-hydrogen) atoms. The Kier molecular flexibility index (Phi) is 4.40. The van der Waals surface area contributed by atoms with Crippen molar-refractivity contribution in [2.75, 3.05) is 27.7 Å². The highest BCUT2D eigenvalue weighted by Crippen LogP contribution is 2.36. The Morgan fingerprint density at radius 1 is 1.35 bits per heavy atom. The Balaban J connectivity index is 1.99. The van der Waals surface area contributed by atoms with Gasteiger partial charge in [0.1, 0.15) is 5.69 Å². The molecule has 0 saturated heterocycles. The summed E-state index contributed by atoms with van der Waals surface area (Å²) in [4.78, 5) is 19.6. The van der Waals surface area contributed by atoms with Crippen LogP contribution in [0.5, 0.6) is 0 Å². The molecule has 0 radical (unpaired) electrons. The first-order chi connectivity index (χ1) is 9.43. The average molecular weight is 277 g/mol. The second-order valence-corrected chi connectivity index (χ2v) is 5.96. The summed E-state index contributed by atoms with van der Waals surface area (Å²) in [5, 5.41) is 8.97. The molecule has 1 N–H and O–H groups in total. The van der Waals surface area contributed by atoms with E-state index >= 15 is 0 Å². The maximum Gasteiger partial charge on any atom is 0.354 e. The molecule has 5 heteroatoms. The van der Waals surface area contributed by atoms with Crippen molar-refractivity contribution in [2.24, 2.45) is 0 Å². The second kappa shape index (κ2) is 5.89. The summed E-state index contributed by atoms with van der Waals surface area (Å²) >= 11 is 0. The van der Waals surface area contributed by atoms with Gasteiger partial charge in [0.2, 0.25) is 0 Å². The first-order valence-corrected chi connectivity index (χ1v) is 6.98. The first kappa shape index (κ1) is 14.9. The molecule has 1 fully saturated rings. The molecule has 1 aromatic rings. The highest BCUT2D eigenvalue weighted by atomic mass is 16.4. The van der Waals surface area contributed by atoms with Gasteiger partial charge in [-0.1, -0.05) is 6.07 Å². The lowest BCUT2D eigenvalue weighted by Crippen LogP contribution is -2.56. The van der Waals surface area contributed by atoms with E-state index in [0.717, 1.165) is 12.2 Å². The normalized spacial score (nSPS) is 17.2. The smallest absolute Gasteiger partial charge is 0.354 e. The zero-order valence-corrected chi connectivity index (χ0v) is 12.5. The molecule has 110 valence electrons. The van der Waals surface area contributed by atoms with Crippen LogP contribution < -0.4 is 0 Å². The van der Waals surface area contributed by atoms with Gasteiger partial charge in [-0.15, -0.1) is 0 Å². The third kappa shape index (κ3) is 3.16. The molecule has 1 aromatic heterocycles. The number of rotatable bonds is 6. The molecule has 1 saturated carbocycles. The maximum atomic E-state index is 10.9. The molecule has 2 rings (SSSR count). The van der Waals surface area contributed by atoms with E-state index in [0.29, 0.717) is 6.54 Å². The summed E-state index contributed by atoms with van der Waals surface area (Å²) in [5.41, 5.74) is 1.20. The number of nitrogens with zero attached hydrogens (tertiary/aromatic N) is 3. The van der Waals surface area contributed by atoms with Crippen LogP contribution in [-0.4, -0.2) is 59.1 Å². The molecular formula is C15H23N3O2. The van der Waals surface area contributed by atoms with E-state index in [2.05, 4.69) is 35.9 Å². The first-order valence-electron chi connectivity index (χ1n) is 6.98. The van der Waals surface area contributed by atoms with Crippen molar-refractivity contribution in [1.82, 2.24) is 14.8 Å². The van der Waals surface area contributed by atoms with Gasteiger partial charge >= 0.3 is 5.97 Å². The number of carboxylic acids is 1.